The van der Waals surface area contributed by atoms with Crippen molar-refractivity contribution < 1.29 is 23.6 Å². The van der Waals surface area contributed by atoms with Crippen molar-refractivity contribution in [2.45, 2.75) is 52.2 Å². The van der Waals surface area contributed by atoms with Crippen LogP contribution in [-0.4, -0.2) is 105 Å². The minimum Gasteiger partial charge on any atom is -0.443 e. The predicted molar refractivity (Wildman–Crippen MR) is 194 cm³/mol. The van der Waals surface area contributed by atoms with Gasteiger partial charge in [-0.25, -0.2) is 19.9 Å². The van der Waals surface area contributed by atoms with Crippen molar-refractivity contribution in [3.8, 4) is 0 Å². The van der Waals surface area contributed by atoms with Gasteiger partial charge in [-0.15, -0.1) is 11.3 Å². The van der Waals surface area contributed by atoms with Gasteiger partial charge in [0.15, 0.2) is 5.69 Å². The monoisotopic (exact) mass is 728 g/mol. The van der Waals surface area contributed by atoms with Gasteiger partial charge in [-0.2, -0.15) is 0 Å². The number of benzene rings is 1. The summed E-state index contributed by atoms with van der Waals surface area (Å²) in [5.74, 6) is -0.575. The zero-order valence-electron chi connectivity index (χ0n) is 29.7. The summed E-state index contributed by atoms with van der Waals surface area (Å²) in [5.41, 5.74) is 1.24. The summed E-state index contributed by atoms with van der Waals surface area (Å²) in [7, 11) is 0. The van der Waals surface area contributed by atoms with E-state index >= 15 is 0 Å². The van der Waals surface area contributed by atoms with E-state index in [1.54, 1.807) is 37.7 Å². The van der Waals surface area contributed by atoms with E-state index in [1.165, 1.54) is 16.2 Å². The molecule has 4 aromatic rings. The van der Waals surface area contributed by atoms with Crippen LogP contribution in [0.3, 0.4) is 0 Å². The fraction of sp³-hybridized carbons (Fsp3) is 0.444. The zero-order chi connectivity index (χ0) is 36.8. The maximum atomic E-state index is 14.2. The van der Waals surface area contributed by atoms with E-state index in [1.807, 2.05) is 49.1 Å². The molecule has 274 valence electrons. The van der Waals surface area contributed by atoms with Crippen LogP contribution in [0.1, 0.15) is 76.1 Å². The summed E-state index contributed by atoms with van der Waals surface area (Å²) in [5, 5.41) is 11.2. The standard InChI is InChI=1S/C36H44N10O5S/c1-22(2)30-34-43-31(24(4)51-34)33(50)39-23(3)35-41-27(21-52-35)32(49)40-26(17-25-9-6-5-7-10-25)18-46(19-28(47)42-30)29(48)20-44-13-15-45(16-14-44)36-37-11-8-12-38-36/h5-12,21-23,26,30H,13-20H2,1-4H3,(H,39,50)(H,40,49)(H,42,47)/t23-,26-,30+/m1/s1. The topological polar surface area (TPSA) is 179 Å². The molecule has 1 saturated heterocycles. The average molecular weight is 729 g/mol. The molecule has 0 radical (unpaired) electrons. The molecular weight excluding hydrogens is 685 g/mol. The lowest BCUT2D eigenvalue weighted by Gasteiger charge is -2.36. The average Bonchev–Trinajstić information content (AvgIpc) is 3.79. The van der Waals surface area contributed by atoms with Gasteiger partial charge >= 0.3 is 0 Å². The predicted octanol–water partition coefficient (Wildman–Crippen LogP) is 2.54. The number of oxazole rings is 1. The normalized spacial score (nSPS) is 20.9. The summed E-state index contributed by atoms with van der Waals surface area (Å²) in [4.78, 5) is 78.3. The fourth-order valence-corrected chi connectivity index (χ4v) is 7.08. The van der Waals surface area contributed by atoms with Gasteiger partial charge in [0.05, 0.1) is 25.2 Å². The van der Waals surface area contributed by atoms with Gasteiger partial charge in [0.2, 0.25) is 23.7 Å². The molecule has 3 atom stereocenters. The summed E-state index contributed by atoms with van der Waals surface area (Å²) >= 11 is 1.26. The Morgan fingerprint density at radius 1 is 0.962 bits per heavy atom. The number of hydrogen-bond acceptors (Lipinski definition) is 12. The van der Waals surface area contributed by atoms with E-state index in [9.17, 15) is 19.2 Å². The van der Waals surface area contributed by atoms with Crippen LogP contribution in [0, 0.1) is 12.8 Å². The summed E-state index contributed by atoms with van der Waals surface area (Å²) in [6, 6.07) is 9.68. The molecule has 4 amide bonds. The third-order valence-corrected chi connectivity index (χ3v) is 10.1. The fourth-order valence-electron chi connectivity index (χ4n) is 6.28. The molecule has 1 aromatic carbocycles. The highest BCUT2D eigenvalue weighted by molar-refractivity contribution is 7.09. The van der Waals surface area contributed by atoms with Gasteiger partial charge in [0.1, 0.15) is 22.5 Å². The number of carbonyl (C=O) groups excluding carboxylic acids is 4. The van der Waals surface area contributed by atoms with Crippen molar-refractivity contribution in [3.05, 3.63) is 87.8 Å². The number of carbonyl (C=O) groups is 4. The molecule has 1 fully saturated rings. The van der Waals surface area contributed by atoms with Crippen molar-refractivity contribution in [2.24, 2.45) is 5.92 Å². The number of fused-ring (bicyclic) bond motifs is 4. The van der Waals surface area contributed by atoms with Crippen LogP contribution in [0.4, 0.5) is 5.95 Å². The number of aromatic nitrogens is 4. The lowest BCUT2D eigenvalue weighted by Crippen LogP contribution is -2.54. The molecular formula is C36H44N10O5S. The smallest absolute Gasteiger partial charge is 0.274 e. The number of amides is 4. The summed E-state index contributed by atoms with van der Waals surface area (Å²) < 4.78 is 5.95. The number of nitrogens with zero attached hydrogens (tertiary/aromatic N) is 7. The molecule has 16 heteroatoms. The van der Waals surface area contributed by atoms with Crippen molar-refractivity contribution in [2.75, 3.05) is 50.7 Å². The van der Waals surface area contributed by atoms with Gasteiger partial charge in [0, 0.05) is 50.5 Å². The Hall–Kier alpha value is -5.22. The van der Waals surface area contributed by atoms with Crippen LogP contribution < -0.4 is 20.9 Å². The Balaban J connectivity index is 1.29. The largest absolute Gasteiger partial charge is 0.443 e. The Labute approximate surface area is 306 Å². The molecule has 0 aliphatic carbocycles. The van der Waals surface area contributed by atoms with Crippen LogP contribution in [0.5, 0.6) is 0 Å². The Morgan fingerprint density at radius 2 is 1.69 bits per heavy atom. The highest BCUT2D eigenvalue weighted by Gasteiger charge is 2.31. The molecule has 0 spiro atoms. The number of hydrogen-bond donors (Lipinski definition) is 3. The molecule has 3 N–H and O–H groups in total. The summed E-state index contributed by atoms with van der Waals surface area (Å²) in [6.07, 6.45) is 3.82. The van der Waals surface area contributed by atoms with Gasteiger partial charge in [-0.1, -0.05) is 44.2 Å². The molecule has 52 heavy (non-hydrogen) atoms. The Morgan fingerprint density at radius 3 is 2.40 bits per heavy atom. The lowest BCUT2D eigenvalue weighted by atomic mass is 10.0. The van der Waals surface area contributed by atoms with E-state index in [0.29, 0.717) is 49.3 Å². The van der Waals surface area contributed by atoms with Crippen LogP contribution in [0.25, 0.3) is 0 Å². The maximum Gasteiger partial charge on any atom is 0.274 e. The molecule has 3 aromatic heterocycles. The molecule has 6 rings (SSSR count). The number of piperazine rings is 1. The number of thiazole rings is 1. The number of aryl methyl sites for hydroxylation is 1. The van der Waals surface area contributed by atoms with E-state index in [0.717, 1.165) is 5.56 Å². The molecule has 0 unspecified atom stereocenters. The van der Waals surface area contributed by atoms with E-state index in [-0.39, 0.29) is 48.7 Å². The summed E-state index contributed by atoms with van der Waals surface area (Å²) in [6.45, 7) is 9.62. The molecule has 2 aliphatic heterocycles. The Bertz CT molecular complexity index is 1860. The maximum absolute atomic E-state index is 14.2. The van der Waals surface area contributed by atoms with Gasteiger partial charge in [-0.05, 0) is 37.8 Å². The van der Waals surface area contributed by atoms with Crippen molar-refractivity contribution in [1.29, 1.82) is 0 Å². The SMILES string of the molecule is Cc1oc2nc1C(=O)N[C@H](C)c1nc(cs1)C(=O)N[C@H](Cc1ccccc1)CN(C(=O)CN1CCN(c3ncccn3)CC1)CC(=O)N[C@H]2C(C)C. The third-order valence-electron chi connectivity index (χ3n) is 9.10. The molecule has 15 nitrogen and oxygen atoms in total. The first-order valence-corrected chi connectivity index (χ1v) is 18.3. The van der Waals surface area contributed by atoms with E-state index in [4.69, 9.17) is 4.42 Å². The molecule has 2 aliphatic rings. The van der Waals surface area contributed by atoms with Crippen LogP contribution in [0.15, 0.2) is 58.6 Å². The van der Waals surface area contributed by atoms with Crippen molar-refractivity contribution in [1.82, 2.24) is 45.7 Å². The van der Waals surface area contributed by atoms with Crippen molar-refractivity contribution in [3.63, 3.8) is 0 Å². The second-order valence-electron chi connectivity index (χ2n) is 13.5. The highest BCUT2D eigenvalue weighted by atomic mass is 32.1. The van der Waals surface area contributed by atoms with Gasteiger partial charge < -0.3 is 30.2 Å². The minimum absolute atomic E-state index is 0.0722. The number of rotatable bonds is 6. The second-order valence-corrected chi connectivity index (χ2v) is 14.3. The van der Waals surface area contributed by atoms with Gasteiger partial charge in [0.25, 0.3) is 11.8 Å². The first kappa shape index (κ1) is 36.6. The number of anilines is 1. The minimum atomic E-state index is -0.671. The first-order chi connectivity index (χ1) is 25.0. The van der Waals surface area contributed by atoms with Crippen LogP contribution >= 0.6 is 11.3 Å². The van der Waals surface area contributed by atoms with Gasteiger partial charge in [-0.3, -0.25) is 24.1 Å². The number of nitrogens with one attached hydrogen (secondary N) is 3. The molecule has 5 heterocycles. The first-order valence-electron chi connectivity index (χ1n) is 17.4. The quantitative estimate of drug-likeness (QED) is 0.266. The van der Waals surface area contributed by atoms with Crippen molar-refractivity contribution >= 4 is 40.9 Å². The lowest BCUT2D eigenvalue weighted by molar-refractivity contribution is -0.137. The zero-order valence-corrected chi connectivity index (χ0v) is 30.6. The van der Waals surface area contributed by atoms with E-state index in [2.05, 4.69) is 40.8 Å². The molecule has 0 saturated carbocycles. The van der Waals surface area contributed by atoms with Crippen LogP contribution in [-0.2, 0) is 16.0 Å². The third kappa shape index (κ3) is 8.98. The molecule has 4 bridgehead atoms. The Kier molecular flexibility index (Phi) is 11.5. The highest BCUT2D eigenvalue weighted by Crippen LogP contribution is 2.25. The van der Waals surface area contributed by atoms with Crippen LogP contribution in [0.2, 0.25) is 0 Å². The second kappa shape index (κ2) is 16.4. The van der Waals surface area contributed by atoms with E-state index < -0.39 is 35.8 Å².